The van der Waals surface area contributed by atoms with Crippen LogP contribution in [0, 0.1) is 13.8 Å². The van der Waals surface area contributed by atoms with Crippen LogP contribution in [0.3, 0.4) is 0 Å². The Morgan fingerprint density at radius 3 is 2.61 bits per heavy atom. The summed E-state index contributed by atoms with van der Waals surface area (Å²) in [6.45, 7) is 3.48. The van der Waals surface area contributed by atoms with E-state index >= 15 is 0 Å². The highest BCUT2D eigenvalue weighted by Crippen LogP contribution is 2.24. The summed E-state index contributed by atoms with van der Waals surface area (Å²) in [6.07, 6.45) is 0. The molecule has 18 heavy (non-hydrogen) atoms. The average Bonchev–Trinajstić information content (AvgIpc) is 2.78. The Bertz CT molecular complexity index is 638. The Labute approximate surface area is 118 Å². The van der Waals surface area contributed by atoms with Gasteiger partial charge in [0, 0.05) is 5.56 Å². The maximum Gasteiger partial charge on any atom is 0.158 e. The van der Waals surface area contributed by atoms with Gasteiger partial charge in [0.2, 0.25) is 0 Å². The molecule has 4 nitrogen and oxygen atoms in total. The number of halogens is 1. The van der Waals surface area contributed by atoms with Gasteiger partial charge in [-0.1, -0.05) is 5.16 Å². The topological polar surface area (TPSA) is 60.2 Å². The monoisotopic (exact) mass is 349 g/mol. The van der Waals surface area contributed by atoms with Gasteiger partial charge < -0.3 is 4.52 Å². The number of aryl methyl sites for hydroxylation is 2. The summed E-state index contributed by atoms with van der Waals surface area (Å²) >= 11 is 4.80. The second kappa shape index (κ2) is 5.14. The summed E-state index contributed by atoms with van der Waals surface area (Å²) in [5, 5.41) is 5.61. The highest BCUT2D eigenvalue weighted by atomic mass is 79.9. The van der Waals surface area contributed by atoms with E-state index in [1.165, 1.54) is 11.3 Å². The van der Waals surface area contributed by atoms with Crippen molar-refractivity contribution in [2.24, 2.45) is 0 Å². The van der Waals surface area contributed by atoms with Gasteiger partial charge in [-0.05, 0) is 46.8 Å². The van der Waals surface area contributed by atoms with Crippen LogP contribution in [0.1, 0.15) is 22.6 Å². The quantitative estimate of drug-likeness (QED) is 0.849. The van der Waals surface area contributed by atoms with Crippen LogP contribution in [0.25, 0.3) is 0 Å². The first-order chi connectivity index (χ1) is 8.37. The molecule has 0 aliphatic heterocycles. The lowest BCUT2D eigenvalue weighted by Gasteiger charge is -2.02. The van der Waals surface area contributed by atoms with Gasteiger partial charge in [0.1, 0.15) is 5.76 Å². The third-order valence-electron chi connectivity index (χ3n) is 2.55. The van der Waals surface area contributed by atoms with E-state index < -0.39 is 9.84 Å². The highest BCUT2D eigenvalue weighted by molar-refractivity contribution is 9.11. The average molecular weight is 350 g/mol. The van der Waals surface area contributed by atoms with Crippen LogP contribution in [-0.2, 0) is 21.3 Å². The molecule has 98 valence electrons. The maximum absolute atomic E-state index is 12.1. The van der Waals surface area contributed by atoms with E-state index in [2.05, 4.69) is 21.1 Å². The van der Waals surface area contributed by atoms with Gasteiger partial charge in [0.15, 0.2) is 9.84 Å². The lowest BCUT2D eigenvalue weighted by molar-refractivity contribution is 0.392. The van der Waals surface area contributed by atoms with Gasteiger partial charge in [-0.2, -0.15) is 0 Å². The largest absolute Gasteiger partial charge is 0.361 e. The molecule has 7 heteroatoms. The van der Waals surface area contributed by atoms with Gasteiger partial charge in [-0.3, -0.25) is 0 Å². The first kappa shape index (κ1) is 13.8. The van der Waals surface area contributed by atoms with Crippen molar-refractivity contribution < 1.29 is 12.9 Å². The van der Waals surface area contributed by atoms with E-state index in [1.807, 2.05) is 11.4 Å². The zero-order valence-electron chi connectivity index (χ0n) is 9.94. The fraction of sp³-hybridized carbons (Fsp3) is 0.364. The number of rotatable bonds is 4. The van der Waals surface area contributed by atoms with Crippen LogP contribution < -0.4 is 0 Å². The number of aromatic nitrogens is 1. The lowest BCUT2D eigenvalue weighted by Crippen LogP contribution is -2.08. The Kier molecular flexibility index (Phi) is 3.93. The van der Waals surface area contributed by atoms with Crippen LogP contribution in [0.5, 0.6) is 0 Å². The summed E-state index contributed by atoms with van der Waals surface area (Å²) in [7, 11) is -3.20. The smallest absolute Gasteiger partial charge is 0.158 e. The highest BCUT2D eigenvalue weighted by Gasteiger charge is 2.19. The lowest BCUT2D eigenvalue weighted by atomic mass is 10.2. The first-order valence-electron chi connectivity index (χ1n) is 5.22. The summed E-state index contributed by atoms with van der Waals surface area (Å²) < 4.78 is 30.1. The normalized spacial score (nSPS) is 11.9. The van der Waals surface area contributed by atoms with Crippen molar-refractivity contribution >= 4 is 37.1 Å². The molecule has 0 bridgehead atoms. The van der Waals surface area contributed by atoms with Gasteiger partial charge in [0.05, 0.1) is 21.0 Å². The zero-order valence-corrected chi connectivity index (χ0v) is 13.2. The van der Waals surface area contributed by atoms with Crippen molar-refractivity contribution in [2.75, 3.05) is 0 Å². The molecular weight excluding hydrogens is 338 g/mol. The predicted octanol–water partition coefficient (Wildman–Crippen LogP) is 3.23. The fourth-order valence-corrected chi connectivity index (χ4v) is 4.60. The number of sulfone groups is 1. The minimum Gasteiger partial charge on any atom is -0.361 e. The third-order valence-corrected chi connectivity index (χ3v) is 5.61. The summed E-state index contributed by atoms with van der Waals surface area (Å²) in [6, 6.07) is 1.83. The molecule has 0 aliphatic carbocycles. The van der Waals surface area contributed by atoms with Crippen molar-refractivity contribution in [1.82, 2.24) is 5.16 Å². The Morgan fingerprint density at radius 1 is 1.39 bits per heavy atom. The molecule has 2 rings (SSSR count). The van der Waals surface area contributed by atoms with Crippen molar-refractivity contribution in [2.45, 2.75) is 25.4 Å². The Morgan fingerprint density at radius 2 is 2.11 bits per heavy atom. The van der Waals surface area contributed by atoms with Gasteiger partial charge in [0.25, 0.3) is 0 Å². The van der Waals surface area contributed by atoms with Gasteiger partial charge in [-0.15, -0.1) is 11.3 Å². The first-order valence-corrected chi connectivity index (χ1v) is 8.72. The van der Waals surface area contributed by atoms with Gasteiger partial charge in [-0.25, -0.2) is 8.42 Å². The zero-order chi connectivity index (χ0) is 13.3. The van der Waals surface area contributed by atoms with E-state index in [-0.39, 0.29) is 11.5 Å². The Balaban J connectivity index is 2.18. The van der Waals surface area contributed by atoms with Crippen LogP contribution in [-0.4, -0.2) is 13.6 Å². The SMILES string of the molecule is Cc1noc(C)c1CS(=O)(=O)Cc1csc(Br)c1. The summed E-state index contributed by atoms with van der Waals surface area (Å²) in [5.41, 5.74) is 2.12. The molecule has 0 spiro atoms. The molecule has 0 saturated heterocycles. The van der Waals surface area contributed by atoms with Crippen LogP contribution in [0.2, 0.25) is 0 Å². The Hall–Kier alpha value is -0.660. The summed E-state index contributed by atoms with van der Waals surface area (Å²) in [4.78, 5) is 0. The number of hydrogen-bond donors (Lipinski definition) is 0. The van der Waals surface area contributed by atoms with E-state index in [4.69, 9.17) is 4.52 Å². The van der Waals surface area contributed by atoms with Crippen LogP contribution >= 0.6 is 27.3 Å². The van der Waals surface area contributed by atoms with E-state index in [0.29, 0.717) is 17.0 Å². The molecule has 0 aliphatic rings. The number of thiophene rings is 1. The molecule has 0 fully saturated rings. The molecular formula is C11H12BrNO3S2. The predicted molar refractivity (Wildman–Crippen MR) is 74.3 cm³/mol. The maximum atomic E-state index is 12.1. The molecule has 2 aromatic heterocycles. The molecule has 0 unspecified atom stereocenters. The molecule has 0 aromatic carbocycles. The second-order valence-electron chi connectivity index (χ2n) is 4.09. The minimum atomic E-state index is -3.20. The van der Waals surface area contributed by atoms with Crippen molar-refractivity contribution in [1.29, 1.82) is 0 Å². The fourth-order valence-electron chi connectivity index (χ4n) is 1.65. The molecule has 0 N–H and O–H groups in total. The van der Waals surface area contributed by atoms with Crippen molar-refractivity contribution in [3.05, 3.63) is 37.8 Å². The van der Waals surface area contributed by atoms with Crippen LogP contribution in [0.4, 0.5) is 0 Å². The molecule has 0 atom stereocenters. The van der Waals surface area contributed by atoms with Gasteiger partial charge >= 0.3 is 0 Å². The molecule has 0 radical (unpaired) electrons. The molecule has 0 amide bonds. The number of hydrogen-bond acceptors (Lipinski definition) is 5. The van der Waals surface area contributed by atoms with E-state index in [9.17, 15) is 8.42 Å². The number of nitrogens with zero attached hydrogens (tertiary/aromatic N) is 1. The standard InChI is InChI=1S/C11H12BrNO3S2/c1-7-10(8(2)16-13-7)6-18(14,15)5-9-3-11(12)17-4-9/h3-4H,5-6H2,1-2H3. The molecule has 2 heterocycles. The van der Waals surface area contributed by atoms with Crippen LogP contribution in [0.15, 0.2) is 19.8 Å². The van der Waals surface area contributed by atoms with E-state index in [0.717, 1.165) is 9.35 Å². The molecule has 0 saturated carbocycles. The second-order valence-corrected chi connectivity index (χ2v) is 8.45. The van der Waals surface area contributed by atoms with E-state index in [1.54, 1.807) is 13.8 Å². The molecule has 2 aromatic rings. The summed E-state index contributed by atoms with van der Waals surface area (Å²) in [5.74, 6) is 0.587. The van der Waals surface area contributed by atoms with Crippen molar-refractivity contribution in [3.63, 3.8) is 0 Å². The minimum absolute atomic E-state index is 0.0262. The third kappa shape index (κ3) is 3.21. The van der Waals surface area contributed by atoms with Crippen molar-refractivity contribution in [3.8, 4) is 0 Å².